The smallest absolute Gasteiger partial charge is 0.116 e. The van der Waals surface area contributed by atoms with E-state index >= 15 is 0 Å². The first-order chi connectivity index (χ1) is 15.3. The Balaban J connectivity index is 1.38. The first kappa shape index (κ1) is 23.0. The minimum absolute atomic E-state index is 0.216. The summed E-state index contributed by atoms with van der Waals surface area (Å²) >= 11 is 0. The Kier molecular flexibility index (Phi) is 6.71. The van der Waals surface area contributed by atoms with Crippen LogP contribution in [-0.4, -0.2) is 56.3 Å². The van der Waals surface area contributed by atoms with Gasteiger partial charge < -0.3 is 19.4 Å². The second-order valence-electron chi connectivity index (χ2n) is 10.6. The van der Waals surface area contributed by atoms with Gasteiger partial charge in [0.05, 0.1) is 11.4 Å². The van der Waals surface area contributed by atoms with Gasteiger partial charge in [-0.2, -0.15) is 0 Å². The highest BCUT2D eigenvalue weighted by Crippen LogP contribution is 2.50. The fraction of sp³-hybridized carbons (Fsp3) is 0.571. The van der Waals surface area contributed by atoms with E-state index in [0.717, 1.165) is 38.2 Å². The molecule has 0 radical (unpaired) electrons. The molecule has 4 rings (SSSR count). The summed E-state index contributed by atoms with van der Waals surface area (Å²) in [6.45, 7) is 18.3. The van der Waals surface area contributed by atoms with Gasteiger partial charge in [-0.25, -0.2) is 0 Å². The molecule has 1 aromatic carbocycles. The number of fused-ring (bicyclic) bond motifs is 3. The van der Waals surface area contributed by atoms with E-state index in [2.05, 4.69) is 92.4 Å². The summed E-state index contributed by atoms with van der Waals surface area (Å²) < 4.78 is 6.07. The number of hydrogen-bond donors (Lipinski definition) is 0. The molecule has 0 bridgehead atoms. The molecule has 2 atom stereocenters. The van der Waals surface area contributed by atoms with Crippen molar-refractivity contribution in [2.24, 2.45) is 0 Å². The summed E-state index contributed by atoms with van der Waals surface area (Å²) in [7, 11) is 2.23. The predicted octanol–water partition coefficient (Wildman–Crippen LogP) is 5.73. The molecule has 1 saturated heterocycles. The lowest BCUT2D eigenvalue weighted by Crippen LogP contribution is -2.49. The van der Waals surface area contributed by atoms with Crippen LogP contribution in [0.5, 0.6) is 0 Å². The molecule has 32 heavy (non-hydrogen) atoms. The van der Waals surface area contributed by atoms with Crippen LogP contribution in [0.25, 0.3) is 0 Å². The number of benzene rings is 1. The van der Waals surface area contributed by atoms with Gasteiger partial charge in [0.25, 0.3) is 0 Å². The Morgan fingerprint density at radius 1 is 1.22 bits per heavy atom. The van der Waals surface area contributed by atoms with E-state index < -0.39 is 0 Å². The molecule has 0 aliphatic carbocycles. The largest absolute Gasteiger partial charge is 0.488 e. The lowest BCUT2D eigenvalue weighted by Gasteiger charge is -2.41. The van der Waals surface area contributed by atoms with Crippen molar-refractivity contribution in [3.05, 3.63) is 59.9 Å². The van der Waals surface area contributed by atoms with Gasteiger partial charge in [0.2, 0.25) is 0 Å². The molecule has 1 aromatic rings. The van der Waals surface area contributed by atoms with Crippen molar-refractivity contribution in [1.82, 2.24) is 4.90 Å². The van der Waals surface area contributed by atoms with Crippen molar-refractivity contribution in [3.63, 3.8) is 0 Å². The molecule has 0 amide bonds. The van der Waals surface area contributed by atoms with Gasteiger partial charge in [-0.1, -0.05) is 36.9 Å². The zero-order valence-corrected chi connectivity index (χ0v) is 20.7. The number of likely N-dealkylation sites (tertiary alicyclic amines) is 1. The number of allylic oxidation sites excluding steroid dienone is 4. The van der Waals surface area contributed by atoms with E-state index in [1.165, 1.54) is 36.5 Å². The van der Waals surface area contributed by atoms with E-state index in [0.29, 0.717) is 12.0 Å². The number of piperidine rings is 1. The van der Waals surface area contributed by atoms with Gasteiger partial charge in [-0.05, 0) is 70.7 Å². The molecule has 174 valence electrons. The quantitative estimate of drug-likeness (QED) is 0.402. The number of anilines is 2. The van der Waals surface area contributed by atoms with Crippen molar-refractivity contribution in [3.8, 4) is 0 Å². The van der Waals surface area contributed by atoms with Crippen molar-refractivity contribution < 1.29 is 4.74 Å². The summed E-state index contributed by atoms with van der Waals surface area (Å²) in [6.07, 6.45) is 9.73. The highest BCUT2D eigenvalue weighted by Gasteiger charge is 2.44. The molecule has 3 aliphatic heterocycles. The van der Waals surface area contributed by atoms with Crippen molar-refractivity contribution >= 4 is 11.4 Å². The van der Waals surface area contributed by atoms with Gasteiger partial charge in [0.1, 0.15) is 11.4 Å². The topological polar surface area (TPSA) is 19.0 Å². The average Bonchev–Trinajstić information content (AvgIpc) is 3.06. The Hall–Kier alpha value is -2.20. The molecule has 1 fully saturated rings. The third-order valence-corrected chi connectivity index (χ3v) is 7.08. The zero-order chi connectivity index (χ0) is 22.9. The molecule has 0 saturated carbocycles. The van der Waals surface area contributed by atoms with Crippen LogP contribution in [0.3, 0.4) is 0 Å². The monoisotopic (exact) mass is 435 g/mol. The van der Waals surface area contributed by atoms with E-state index in [9.17, 15) is 0 Å². The van der Waals surface area contributed by atoms with E-state index in [1.54, 1.807) is 5.56 Å². The van der Waals surface area contributed by atoms with E-state index in [-0.39, 0.29) is 5.60 Å². The third kappa shape index (κ3) is 4.76. The lowest BCUT2D eigenvalue weighted by atomic mass is 9.89. The van der Waals surface area contributed by atoms with Gasteiger partial charge in [-0.15, -0.1) is 0 Å². The standard InChI is InChI=1S/C28H41N3O/c1-7-8-11-22(21(2)32-28(3,4)5)12-10-16-30-17-15-25-24(20-30)23-13-9-14-26-27(23)31(25)19-18-29(26)6/h7-9,11,13-14,24-25H,2,10,12,15-20H2,1,3-6H3/b8-7-,22-11-. The maximum absolute atomic E-state index is 6.07. The SMILES string of the molecule is C=C(OC(C)(C)C)/C(=C\C=C/C)CCCN1CCC2C(C1)c1cccc3c1N2CCN3C. The van der Waals surface area contributed by atoms with Gasteiger partial charge >= 0.3 is 0 Å². The summed E-state index contributed by atoms with van der Waals surface area (Å²) in [4.78, 5) is 7.83. The number of para-hydroxylation sites is 1. The summed E-state index contributed by atoms with van der Waals surface area (Å²) in [5.74, 6) is 1.45. The number of likely N-dealkylation sites (N-methyl/N-ethyl adjacent to an activating group) is 1. The Labute approximate surface area is 195 Å². The Bertz CT molecular complexity index is 894. The Morgan fingerprint density at radius 3 is 2.78 bits per heavy atom. The molecule has 3 heterocycles. The predicted molar refractivity (Wildman–Crippen MR) is 137 cm³/mol. The number of ether oxygens (including phenoxy) is 1. The molecule has 3 aliphatic rings. The fourth-order valence-corrected chi connectivity index (χ4v) is 5.64. The molecule has 0 aromatic heterocycles. The molecule has 4 heteroatoms. The van der Waals surface area contributed by atoms with Gasteiger partial charge in [0.15, 0.2) is 0 Å². The van der Waals surface area contributed by atoms with Crippen LogP contribution >= 0.6 is 0 Å². The number of rotatable bonds is 7. The molecule has 0 spiro atoms. The second-order valence-corrected chi connectivity index (χ2v) is 10.6. The molecular weight excluding hydrogens is 394 g/mol. The second kappa shape index (κ2) is 9.35. The Morgan fingerprint density at radius 2 is 2.03 bits per heavy atom. The molecule has 0 N–H and O–H groups in total. The van der Waals surface area contributed by atoms with E-state index in [4.69, 9.17) is 4.74 Å². The minimum Gasteiger partial charge on any atom is -0.488 e. The first-order valence-electron chi connectivity index (χ1n) is 12.3. The summed E-state index contributed by atoms with van der Waals surface area (Å²) in [5.41, 5.74) is 5.51. The van der Waals surface area contributed by atoms with Crippen molar-refractivity contribution in [2.75, 3.05) is 49.6 Å². The number of hydrogen-bond acceptors (Lipinski definition) is 4. The summed E-state index contributed by atoms with van der Waals surface area (Å²) in [6, 6.07) is 7.62. The minimum atomic E-state index is -0.216. The van der Waals surface area contributed by atoms with Crippen molar-refractivity contribution in [1.29, 1.82) is 0 Å². The highest BCUT2D eigenvalue weighted by atomic mass is 16.5. The average molecular weight is 436 g/mol. The third-order valence-electron chi connectivity index (χ3n) is 7.08. The maximum atomic E-state index is 6.07. The van der Waals surface area contributed by atoms with Crippen LogP contribution in [0.2, 0.25) is 0 Å². The van der Waals surface area contributed by atoms with Crippen LogP contribution in [0.4, 0.5) is 11.4 Å². The molecule has 2 unspecified atom stereocenters. The molecular formula is C28H41N3O. The van der Waals surface area contributed by atoms with Gasteiger partial charge in [-0.3, -0.25) is 0 Å². The summed E-state index contributed by atoms with van der Waals surface area (Å²) in [5, 5.41) is 0. The van der Waals surface area contributed by atoms with Crippen LogP contribution in [-0.2, 0) is 4.74 Å². The van der Waals surface area contributed by atoms with Crippen LogP contribution in [0.1, 0.15) is 58.4 Å². The lowest BCUT2D eigenvalue weighted by molar-refractivity contribution is 0.0573. The van der Waals surface area contributed by atoms with Crippen LogP contribution < -0.4 is 9.80 Å². The van der Waals surface area contributed by atoms with Crippen LogP contribution in [0.15, 0.2) is 54.3 Å². The van der Waals surface area contributed by atoms with Crippen LogP contribution in [0, 0.1) is 0 Å². The zero-order valence-electron chi connectivity index (χ0n) is 20.7. The van der Waals surface area contributed by atoms with Gasteiger partial charge in [0, 0.05) is 45.2 Å². The first-order valence-corrected chi connectivity index (χ1v) is 12.3. The normalized spacial score (nSPS) is 23.5. The fourth-order valence-electron chi connectivity index (χ4n) is 5.64. The van der Waals surface area contributed by atoms with Crippen molar-refractivity contribution in [2.45, 2.75) is 64.5 Å². The van der Waals surface area contributed by atoms with E-state index in [1.807, 2.05) is 0 Å². The number of nitrogens with zero attached hydrogens (tertiary/aromatic N) is 3. The highest BCUT2D eigenvalue weighted by molar-refractivity contribution is 5.80. The molecule has 4 nitrogen and oxygen atoms in total. The maximum Gasteiger partial charge on any atom is 0.116 e.